The first-order valence-electron chi connectivity index (χ1n) is 6.48. The van der Waals surface area contributed by atoms with Crippen molar-refractivity contribution in [3.8, 4) is 0 Å². The van der Waals surface area contributed by atoms with Crippen LogP contribution in [0.3, 0.4) is 0 Å². The van der Waals surface area contributed by atoms with Gasteiger partial charge >= 0.3 is 5.51 Å². The van der Waals surface area contributed by atoms with Crippen molar-refractivity contribution in [3.63, 3.8) is 0 Å². The summed E-state index contributed by atoms with van der Waals surface area (Å²) in [5, 5.41) is 2.50. The van der Waals surface area contributed by atoms with Gasteiger partial charge in [0.2, 0.25) is 0 Å². The van der Waals surface area contributed by atoms with E-state index in [0.717, 1.165) is 0 Å². The van der Waals surface area contributed by atoms with Gasteiger partial charge in [-0.1, -0.05) is 12.1 Å². The van der Waals surface area contributed by atoms with Gasteiger partial charge in [0.1, 0.15) is 4.60 Å². The maximum absolute atomic E-state index is 12.6. The molecule has 0 fully saturated rings. The number of carbonyl (C=O) groups excluding carboxylic acids is 1. The van der Waals surface area contributed by atoms with Crippen LogP contribution in [0.4, 0.5) is 19.0 Å². The molecule has 0 spiro atoms. The van der Waals surface area contributed by atoms with Crippen LogP contribution >= 0.6 is 27.7 Å². The van der Waals surface area contributed by atoms with E-state index in [1.165, 1.54) is 30.5 Å². The molecule has 0 aliphatic heterocycles. The van der Waals surface area contributed by atoms with E-state index in [2.05, 4.69) is 31.2 Å². The topological polar surface area (TPSA) is 59.3 Å². The molecule has 10 heteroatoms. The Hall–Kier alpha value is -2.07. The van der Waals surface area contributed by atoms with Crippen molar-refractivity contribution in [2.75, 3.05) is 5.32 Å². The number of thioether (sulfide) groups is 1. The fourth-order valence-electron chi connectivity index (χ4n) is 1.99. The molecule has 124 valence electrons. The van der Waals surface area contributed by atoms with E-state index >= 15 is 0 Å². The Morgan fingerprint density at radius 2 is 2.00 bits per heavy atom. The van der Waals surface area contributed by atoms with Gasteiger partial charge in [0.15, 0.2) is 11.5 Å². The third-order valence-corrected chi connectivity index (χ3v) is 4.13. The van der Waals surface area contributed by atoms with E-state index in [9.17, 15) is 18.0 Å². The fourth-order valence-corrected chi connectivity index (χ4v) is 2.98. The number of alkyl halides is 3. The summed E-state index contributed by atoms with van der Waals surface area (Å²) in [6.07, 6.45) is 4.68. The van der Waals surface area contributed by atoms with Crippen molar-refractivity contribution in [1.82, 2.24) is 14.4 Å². The predicted molar refractivity (Wildman–Crippen MR) is 87.0 cm³/mol. The van der Waals surface area contributed by atoms with Gasteiger partial charge in [-0.25, -0.2) is 9.97 Å². The molecule has 2 aromatic heterocycles. The Morgan fingerprint density at radius 1 is 1.25 bits per heavy atom. The number of nitrogens with zero attached hydrogens (tertiary/aromatic N) is 3. The molecule has 0 aliphatic rings. The number of rotatable bonds is 3. The van der Waals surface area contributed by atoms with Crippen molar-refractivity contribution >= 4 is 45.1 Å². The van der Waals surface area contributed by atoms with Gasteiger partial charge in [-0.15, -0.1) is 0 Å². The summed E-state index contributed by atoms with van der Waals surface area (Å²) < 4.78 is 40.0. The Morgan fingerprint density at radius 3 is 2.75 bits per heavy atom. The molecule has 0 unspecified atom stereocenters. The van der Waals surface area contributed by atoms with Crippen LogP contribution in [0.25, 0.3) is 5.65 Å². The Labute approximate surface area is 146 Å². The molecule has 0 atom stereocenters. The minimum Gasteiger partial charge on any atom is -0.305 e. The number of nitrogens with one attached hydrogen (secondary N) is 1. The number of carbonyl (C=O) groups is 1. The maximum atomic E-state index is 12.6. The molecular formula is C14H8BrF3N4OS. The van der Waals surface area contributed by atoms with E-state index in [-0.39, 0.29) is 28.0 Å². The van der Waals surface area contributed by atoms with Crippen LogP contribution in [-0.4, -0.2) is 25.8 Å². The number of anilines is 1. The minimum atomic E-state index is -4.47. The van der Waals surface area contributed by atoms with Gasteiger partial charge in [0, 0.05) is 11.1 Å². The molecule has 5 nitrogen and oxygen atoms in total. The number of benzene rings is 1. The van der Waals surface area contributed by atoms with Gasteiger partial charge in [0.05, 0.1) is 18.0 Å². The molecular weight excluding hydrogens is 409 g/mol. The summed E-state index contributed by atoms with van der Waals surface area (Å²) in [4.78, 5) is 20.3. The van der Waals surface area contributed by atoms with Crippen LogP contribution < -0.4 is 5.32 Å². The first kappa shape index (κ1) is 16.8. The average Bonchev–Trinajstić information content (AvgIpc) is 2.87. The van der Waals surface area contributed by atoms with Crippen LogP contribution in [0, 0.1) is 0 Å². The monoisotopic (exact) mass is 416 g/mol. The van der Waals surface area contributed by atoms with Crippen LogP contribution in [0.5, 0.6) is 0 Å². The molecule has 1 amide bonds. The van der Waals surface area contributed by atoms with Crippen LogP contribution in [0.2, 0.25) is 0 Å². The number of hydrogen-bond donors (Lipinski definition) is 1. The predicted octanol–water partition coefficient (Wildman–Crippen LogP) is 4.36. The number of halogens is 4. The lowest BCUT2D eigenvalue weighted by Gasteiger charge is -2.10. The molecule has 24 heavy (non-hydrogen) atoms. The number of aromatic nitrogens is 3. The molecule has 1 aromatic carbocycles. The van der Waals surface area contributed by atoms with E-state index < -0.39 is 11.4 Å². The van der Waals surface area contributed by atoms with Gasteiger partial charge in [-0.05, 0) is 39.8 Å². The van der Waals surface area contributed by atoms with Crippen LogP contribution in [0.1, 0.15) is 10.4 Å². The van der Waals surface area contributed by atoms with Crippen molar-refractivity contribution in [2.24, 2.45) is 0 Å². The largest absolute Gasteiger partial charge is 0.446 e. The average molecular weight is 417 g/mol. The number of amides is 1. The van der Waals surface area contributed by atoms with Gasteiger partial charge in [0.25, 0.3) is 5.91 Å². The van der Waals surface area contributed by atoms with Crippen molar-refractivity contribution < 1.29 is 18.0 Å². The van der Waals surface area contributed by atoms with Crippen molar-refractivity contribution in [1.29, 1.82) is 0 Å². The van der Waals surface area contributed by atoms with E-state index in [4.69, 9.17) is 0 Å². The first-order valence-corrected chi connectivity index (χ1v) is 8.09. The summed E-state index contributed by atoms with van der Waals surface area (Å²) in [5.74, 6) is -0.454. The van der Waals surface area contributed by atoms with Gasteiger partial charge in [-0.2, -0.15) is 13.2 Å². The second-order valence-corrected chi connectivity index (χ2v) is 6.52. The molecule has 0 saturated heterocycles. The number of fused-ring (bicyclic) bond motifs is 1. The highest BCUT2D eigenvalue weighted by molar-refractivity contribution is 9.10. The molecule has 0 aliphatic carbocycles. The minimum absolute atomic E-state index is 0.0730. The van der Waals surface area contributed by atoms with E-state index in [1.54, 1.807) is 16.8 Å². The molecule has 3 aromatic rings. The SMILES string of the molecule is O=C(Nc1cn2cc(Br)ncc2n1)c1ccccc1SC(F)(F)F. The summed E-state index contributed by atoms with van der Waals surface area (Å²) in [7, 11) is 0. The number of hydrogen-bond acceptors (Lipinski definition) is 4. The maximum Gasteiger partial charge on any atom is 0.446 e. The third kappa shape index (κ3) is 3.88. The molecule has 0 radical (unpaired) electrons. The van der Waals surface area contributed by atoms with Gasteiger partial charge in [-0.3, -0.25) is 4.79 Å². The normalized spacial score (nSPS) is 11.7. The van der Waals surface area contributed by atoms with Crippen molar-refractivity contribution in [3.05, 3.63) is 53.0 Å². The zero-order valence-corrected chi connectivity index (χ0v) is 14.1. The van der Waals surface area contributed by atoms with E-state index in [0.29, 0.717) is 10.3 Å². The molecule has 0 bridgehead atoms. The standard InChI is InChI=1S/C14H8BrF3N4OS/c15-10-6-22-7-11(20-12(22)5-19-10)21-13(23)8-3-1-2-4-9(8)24-14(16,17)18/h1-7H,(H,21,23). The lowest BCUT2D eigenvalue weighted by Crippen LogP contribution is -2.14. The third-order valence-electron chi connectivity index (χ3n) is 2.91. The fraction of sp³-hybridized carbons (Fsp3) is 0.0714. The molecule has 3 rings (SSSR count). The molecule has 1 N–H and O–H groups in total. The Kier molecular flexibility index (Phi) is 4.50. The van der Waals surface area contributed by atoms with Gasteiger partial charge < -0.3 is 9.72 Å². The van der Waals surface area contributed by atoms with Crippen molar-refractivity contribution in [2.45, 2.75) is 10.4 Å². The quantitative estimate of drug-likeness (QED) is 0.644. The Bertz CT molecular complexity index is 912. The second-order valence-electron chi connectivity index (χ2n) is 4.60. The summed E-state index contributed by atoms with van der Waals surface area (Å²) in [5.41, 5.74) is -4.06. The summed E-state index contributed by atoms with van der Waals surface area (Å²) >= 11 is 2.88. The summed E-state index contributed by atoms with van der Waals surface area (Å²) in [6.45, 7) is 0. The second kappa shape index (κ2) is 6.44. The van der Waals surface area contributed by atoms with Crippen LogP contribution in [0.15, 0.2) is 52.4 Å². The lowest BCUT2D eigenvalue weighted by molar-refractivity contribution is -0.0328. The zero-order chi connectivity index (χ0) is 17.3. The Balaban J connectivity index is 1.86. The number of imidazole rings is 1. The molecule has 2 heterocycles. The highest BCUT2D eigenvalue weighted by atomic mass is 79.9. The highest BCUT2D eigenvalue weighted by Crippen LogP contribution is 2.38. The van der Waals surface area contributed by atoms with E-state index in [1.807, 2.05) is 0 Å². The summed E-state index contributed by atoms with van der Waals surface area (Å²) in [6, 6.07) is 5.52. The van der Waals surface area contributed by atoms with Crippen LogP contribution in [-0.2, 0) is 0 Å². The highest BCUT2D eigenvalue weighted by Gasteiger charge is 2.31. The molecule has 0 saturated carbocycles. The zero-order valence-electron chi connectivity index (χ0n) is 11.7. The first-order chi connectivity index (χ1) is 11.3. The smallest absolute Gasteiger partial charge is 0.305 e. The lowest BCUT2D eigenvalue weighted by atomic mass is 10.2.